The van der Waals surface area contributed by atoms with Crippen LogP contribution in [0.25, 0.3) is 0 Å². The fraction of sp³-hybridized carbons (Fsp3) is 0.263. The van der Waals surface area contributed by atoms with Crippen LogP contribution in [-0.4, -0.2) is 21.4 Å². The van der Waals surface area contributed by atoms with E-state index < -0.39 is 0 Å². The second kappa shape index (κ2) is 6.99. The fourth-order valence-corrected chi connectivity index (χ4v) is 3.67. The van der Waals surface area contributed by atoms with Crippen molar-refractivity contribution in [3.8, 4) is 5.75 Å². The van der Waals surface area contributed by atoms with E-state index in [1.807, 2.05) is 41.9 Å². The number of nitrogen functional groups attached to an aromatic ring is 1. The SMILES string of the molecule is CCOc1ccccc1[C@H]1C[C@@H](c2ccc(Br)cc2)Nc2nc(N)nn21. The van der Waals surface area contributed by atoms with Gasteiger partial charge in [0.1, 0.15) is 5.75 Å². The molecule has 134 valence electrons. The summed E-state index contributed by atoms with van der Waals surface area (Å²) in [5.74, 6) is 1.82. The Labute approximate surface area is 160 Å². The maximum Gasteiger partial charge on any atom is 0.241 e. The molecule has 7 heteroatoms. The van der Waals surface area contributed by atoms with Crippen molar-refractivity contribution in [1.82, 2.24) is 14.8 Å². The Morgan fingerprint density at radius 2 is 2.00 bits per heavy atom. The summed E-state index contributed by atoms with van der Waals surface area (Å²) in [6.45, 7) is 2.60. The summed E-state index contributed by atoms with van der Waals surface area (Å²) in [6.07, 6.45) is 0.821. The first-order valence-electron chi connectivity index (χ1n) is 8.61. The minimum absolute atomic E-state index is 0.00699. The summed E-state index contributed by atoms with van der Waals surface area (Å²) in [5.41, 5.74) is 8.16. The highest BCUT2D eigenvalue weighted by Crippen LogP contribution is 2.41. The van der Waals surface area contributed by atoms with Gasteiger partial charge in [-0.1, -0.05) is 46.3 Å². The third-order valence-electron chi connectivity index (χ3n) is 4.56. The molecular formula is C19H20BrN5O. The lowest BCUT2D eigenvalue weighted by Gasteiger charge is -2.32. The third kappa shape index (κ3) is 3.14. The number of nitrogens with one attached hydrogen (secondary N) is 1. The first-order valence-corrected chi connectivity index (χ1v) is 9.40. The number of rotatable bonds is 4. The van der Waals surface area contributed by atoms with Crippen LogP contribution in [0.5, 0.6) is 5.75 Å². The van der Waals surface area contributed by atoms with Crippen LogP contribution in [0.15, 0.2) is 53.0 Å². The van der Waals surface area contributed by atoms with E-state index in [9.17, 15) is 0 Å². The van der Waals surface area contributed by atoms with Crippen molar-refractivity contribution >= 4 is 27.8 Å². The fourth-order valence-electron chi connectivity index (χ4n) is 3.41. The summed E-state index contributed by atoms with van der Waals surface area (Å²) in [4.78, 5) is 4.36. The van der Waals surface area contributed by atoms with E-state index in [-0.39, 0.29) is 18.0 Å². The Morgan fingerprint density at radius 1 is 1.23 bits per heavy atom. The van der Waals surface area contributed by atoms with Gasteiger partial charge < -0.3 is 15.8 Å². The number of anilines is 2. The van der Waals surface area contributed by atoms with Crippen molar-refractivity contribution in [3.63, 3.8) is 0 Å². The van der Waals surface area contributed by atoms with Gasteiger partial charge in [0.15, 0.2) is 0 Å². The lowest BCUT2D eigenvalue weighted by molar-refractivity contribution is 0.325. The second-order valence-corrected chi connectivity index (χ2v) is 7.12. The maximum atomic E-state index is 5.88. The lowest BCUT2D eigenvalue weighted by Crippen LogP contribution is -2.28. The normalized spacial score (nSPS) is 18.8. The Morgan fingerprint density at radius 3 is 2.77 bits per heavy atom. The monoisotopic (exact) mass is 413 g/mol. The summed E-state index contributed by atoms with van der Waals surface area (Å²) in [5, 5.41) is 7.87. The molecule has 0 spiro atoms. The average molecular weight is 414 g/mol. The van der Waals surface area contributed by atoms with E-state index >= 15 is 0 Å². The average Bonchev–Trinajstić information content (AvgIpc) is 3.02. The number of para-hydroxylation sites is 1. The van der Waals surface area contributed by atoms with Gasteiger partial charge in [-0.2, -0.15) is 4.98 Å². The Balaban J connectivity index is 1.77. The molecule has 0 radical (unpaired) electrons. The first kappa shape index (κ1) is 16.9. The van der Waals surface area contributed by atoms with Crippen LogP contribution in [0, 0.1) is 0 Å². The lowest BCUT2D eigenvalue weighted by atomic mass is 9.93. The molecular weight excluding hydrogens is 394 g/mol. The van der Waals surface area contributed by atoms with Crippen LogP contribution in [0.2, 0.25) is 0 Å². The van der Waals surface area contributed by atoms with Crippen LogP contribution in [0.1, 0.15) is 36.6 Å². The molecule has 2 heterocycles. The van der Waals surface area contributed by atoms with Crippen molar-refractivity contribution in [2.45, 2.75) is 25.4 Å². The number of aromatic nitrogens is 3. The Hall–Kier alpha value is -2.54. The number of fused-ring (bicyclic) bond motifs is 1. The van der Waals surface area contributed by atoms with Crippen LogP contribution in [0.4, 0.5) is 11.9 Å². The van der Waals surface area contributed by atoms with E-state index in [2.05, 4.69) is 49.5 Å². The highest BCUT2D eigenvalue weighted by atomic mass is 79.9. The van der Waals surface area contributed by atoms with Gasteiger partial charge in [0, 0.05) is 10.0 Å². The quantitative estimate of drug-likeness (QED) is 0.670. The van der Waals surface area contributed by atoms with E-state index in [1.54, 1.807) is 0 Å². The van der Waals surface area contributed by atoms with E-state index in [0.29, 0.717) is 12.6 Å². The number of hydrogen-bond acceptors (Lipinski definition) is 5. The van der Waals surface area contributed by atoms with Crippen LogP contribution in [0.3, 0.4) is 0 Å². The van der Waals surface area contributed by atoms with Gasteiger partial charge in [-0.05, 0) is 37.1 Å². The maximum absolute atomic E-state index is 5.88. The molecule has 0 unspecified atom stereocenters. The predicted molar refractivity (Wildman–Crippen MR) is 105 cm³/mol. The molecule has 3 aromatic rings. The highest BCUT2D eigenvalue weighted by molar-refractivity contribution is 9.10. The van der Waals surface area contributed by atoms with Crippen LogP contribution < -0.4 is 15.8 Å². The molecule has 0 saturated carbocycles. The smallest absolute Gasteiger partial charge is 0.241 e. The summed E-state index contributed by atoms with van der Waals surface area (Å²) in [7, 11) is 0. The largest absolute Gasteiger partial charge is 0.494 e. The molecule has 4 rings (SSSR count). The van der Waals surface area contributed by atoms with Gasteiger partial charge in [-0.3, -0.25) is 0 Å². The molecule has 0 fully saturated rings. The highest BCUT2D eigenvalue weighted by Gasteiger charge is 2.32. The molecule has 1 aliphatic heterocycles. The summed E-state index contributed by atoms with van der Waals surface area (Å²) >= 11 is 3.49. The number of hydrogen-bond donors (Lipinski definition) is 2. The summed E-state index contributed by atoms with van der Waals surface area (Å²) in [6, 6.07) is 16.5. The van der Waals surface area contributed by atoms with E-state index in [0.717, 1.165) is 22.2 Å². The van der Waals surface area contributed by atoms with Gasteiger partial charge in [0.25, 0.3) is 0 Å². The molecule has 26 heavy (non-hydrogen) atoms. The van der Waals surface area contributed by atoms with Crippen molar-refractivity contribution in [2.24, 2.45) is 0 Å². The molecule has 0 bridgehead atoms. The van der Waals surface area contributed by atoms with Crippen molar-refractivity contribution in [3.05, 3.63) is 64.1 Å². The van der Waals surface area contributed by atoms with Gasteiger partial charge in [0.2, 0.25) is 11.9 Å². The molecule has 0 saturated heterocycles. The number of halogens is 1. The molecule has 0 amide bonds. The first-order chi connectivity index (χ1) is 12.7. The number of nitrogens with two attached hydrogens (primary N) is 1. The minimum atomic E-state index is -0.00699. The van der Waals surface area contributed by atoms with Gasteiger partial charge in [-0.15, -0.1) is 5.10 Å². The third-order valence-corrected chi connectivity index (χ3v) is 5.08. The van der Waals surface area contributed by atoms with Crippen molar-refractivity contribution in [2.75, 3.05) is 17.7 Å². The van der Waals surface area contributed by atoms with Crippen LogP contribution in [-0.2, 0) is 0 Å². The molecule has 1 aromatic heterocycles. The molecule has 2 aromatic carbocycles. The molecule has 1 aliphatic rings. The number of benzene rings is 2. The molecule has 3 N–H and O–H groups in total. The summed E-state index contributed by atoms with van der Waals surface area (Å²) < 4.78 is 8.77. The molecule has 6 nitrogen and oxygen atoms in total. The zero-order valence-corrected chi connectivity index (χ0v) is 16.0. The van der Waals surface area contributed by atoms with Gasteiger partial charge in [-0.25, -0.2) is 4.68 Å². The minimum Gasteiger partial charge on any atom is -0.494 e. The molecule has 2 atom stereocenters. The van der Waals surface area contributed by atoms with Crippen molar-refractivity contribution in [1.29, 1.82) is 0 Å². The second-order valence-electron chi connectivity index (χ2n) is 6.21. The zero-order chi connectivity index (χ0) is 18.1. The molecule has 0 aliphatic carbocycles. The number of ether oxygens (including phenoxy) is 1. The standard InChI is InChI=1S/C19H20BrN5O/c1-2-26-17-6-4-3-5-14(17)16-11-15(12-7-9-13(20)10-8-12)22-19-23-18(21)24-25(16)19/h3-10,15-16H,2,11H2,1H3,(H3,21,22,23,24)/t15-,16+/m0/s1. The zero-order valence-electron chi connectivity index (χ0n) is 14.4. The Kier molecular flexibility index (Phi) is 4.55. The number of nitrogens with zero attached hydrogens (tertiary/aromatic N) is 3. The van der Waals surface area contributed by atoms with Crippen LogP contribution >= 0.6 is 15.9 Å². The van der Waals surface area contributed by atoms with E-state index in [4.69, 9.17) is 10.5 Å². The van der Waals surface area contributed by atoms with E-state index in [1.165, 1.54) is 5.56 Å². The predicted octanol–water partition coefficient (Wildman–Crippen LogP) is 4.17. The van der Waals surface area contributed by atoms with Gasteiger partial charge in [0.05, 0.1) is 18.7 Å². The van der Waals surface area contributed by atoms with Gasteiger partial charge >= 0.3 is 0 Å². The van der Waals surface area contributed by atoms with Crippen molar-refractivity contribution < 1.29 is 4.74 Å². The Bertz CT molecular complexity index is 909. The topological polar surface area (TPSA) is 78.0 Å².